The Morgan fingerprint density at radius 3 is 2.53 bits per heavy atom. The number of rotatable bonds is 7. The maximum atomic E-state index is 13.1. The van der Waals surface area contributed by atoms with Crippen molar-refractivity contribution in [3.8, 4) is 5.69 Å². The van der Waals surface area contributed by atoms with E-state index in [0.29, 0.717) is 29.7 Å². The molecule has 4 rings (SSSR count). The second-order valence-corrected chi connectivity index (χ2v) is 8.33. The maximum absolute atomic E-state index is 13.1. The van der Waals surface area contributed by atoms with Gasteiger partial charge in [0.2, 0.25) is 11.9 Å². The number of nitrogens with one attached hydrogen (secondary N) is 2. The van der Waals surface area contributed by atoms with E-state index in [1.807, 2.05) is 19.0 Å². The normalized spacial score (nSPS) is 11.6. The molecule has 0 aliphatic carbocycles. The Morgan fingerprint density at radius 1 is 1.03 bits per heavy atom. The summed E-state index contributed by atoms with van der Waals surface area (Å²) in [4.78, 5) is 35.6. The standard InChI is InChI=1S/C25H23F3N6O2/c1-33(2)12-11-21(35)30-19-7-4-8-20(14-19)34-22(36)10-9-16-15-29-24(32-23(16)34)31-18-6-3-5-17(13-18)25(26,27)28/h3-10,13-15H,11-12H2,1-2H3,(H,30,35)(H,29,31,32). The van der Waals surface area contributed by atoms with Crippen LogP contribution >= 0.6 is 0 Å². The highest BCUT2D eigenvalue weighted by Gasteiger charge is 2.30. The first-order valence-corrected chi connectivity index (χ1v) is 11.0. The van der Waals surface area contributed by atoms with Gasteiger partial charge >= 0.3 is 6.18 Å². The third kappa shape index (κ3) is 5.87. The summed E-state index contributed by atoms with van der Waals surface area (Å²) in [6.07, 6.45) is -2.71. The molecule has 0 aliphatic rings. The number of pyridine rings is 1. The largest absolute Gasteiger partial charge is 0.416 e. The number of hydrogen-bond acceptors (Lipinski definition) is 6. The Hall–Kier alpha value is -4.25. The Balaban J connectivity index is 1.68. The summed E-state index contributed by atoms with van der Waals surface area (Å²) in [5, 5.41) is 6.13. The molecule has 0 saturated heterocycles. The Bertz CT molecular complexity index is 1470. The number of amides is 1. The molecule has 0 spiro atoms. The van der Waals surface area contributed by atoms with E-state index < -0.39 is 11.7 Å². The number of carbonyl (C=O) groups excluding carboxylic acids is 1. The Morgan fingerprint density at radius 2 is 1.78 bits per heavy atom. The van der Waals surface area contributed by atoms with Crippen LogP contribution in [0, 0.1) is 0 Å². The first kappa shape index (κ1) is 24.9. The first-order chi connectivity index (χ1) is 17.1. The zero-order chi connectivity index (χ0) is 25.9. The highest BCUT2D eigenvalue weighted by atomic mass is 19.4. The van der Waals surface area contributed by atoms with Crippen LogP contribution in [-0.4, -0.2) is 46.0 Å². The maximum Gasteiger partial charge on any atom is 0.416 e. The van der Waals surface area contributed by atoms with Crippen molar-refractivity contribution in [3.05, 3.63) is 82.8 Å². The van der Waals surface area contributed by atoms with Crippen LogP contribution in [0.2, 0.25) is 0 Å². The lowest BCUT2D eigenvalue weighted by Gasteiger charge is -2.13. The van der Waals surface area contributed by atoms with Crippen LogP contribution in [0.25, 0.3) is 16.7 Å². The van der Waals surface area contributed by atoms with Gasteiger partial charge in [0.1, 0.15) is 0 Å². The van der Waals surface area contributed by atoms with Gasteiger partial charge in [-0.3, -0.25) is 14.2 Å². The lowest BCUT2D eigenvalue weighted by molar-refractivity contribution is -0.137. The topological polar surface area (TPSA) is 92.2 Å². The number of halogens is 3. The lowest BCUT2D eigenvalue weighted by atomic mass is 10.2. The predicted octanol–water partition coefficient (Wildman–Crippen LogP) is 4.43. The molecule has 36 heavy (non-hydrogen) atoms. The van der Waals surface area contributed by atoms with E-state index in [0.717, 1.165) is 12.1 Å². The molecule has 2 aromatic heterocycles. The van der Waals surface area contributed by atoms with Crippen molar-refractivity contribution < 1.29 is 18.0 Å². The van der Waals surface area contributed by atoms with Gasteiger partial charge < -0.3 is 15.5 Å². The first-order valence-electron chi connectivity index (χ1n) is 11.0. The third-order valence-corrected chi connectivity index (χ3v) is 5.25. The summed E-state index contributed by atoms with van der Waals surface area (Å²) in [6, 6.07) is 14.3. The van der Waals surface area contributed by atoms with Gasteiger partial charge in [-0.05, 0) is 56.6 Å². The molecule has 0 radical (unpaired) electrons. The predicted molar refractivity (Wildman–Crippen MR) is 132 cm³/mol. The molecule has 0 bridgehead atoms. The molecule has 0 fully saturated rings. The summed E-state index contributed by atoms with van der Waals surface area (Å²) >= 11 is 0. The molecule has 0 saturated carbocycles. The van der Waals surface area contributed by atoms with Crippen molar-refractivity contribution >= 4 is 34.3 Å². The van der Waals surface area contributed by atoms with Crippen molar-refractivity contribution in [3.63, 3.8) is 0 Å². The van der Waals surface area contributed by atoms with E-state index in [1.54, 1.807) is 30.3 Å². The molecular weight excluding hydrogens is 473 g/mol. The summed E-state index contributed by atoms with van der Waals surface area (Å²) < 4.78 is 40.5. The van der Waals surface area contributed by atoms with Gasteiger partial charge in [0.25, 0.3) is 5.56 Å². The van der Waals surface area contributed by atoms with E-state index in [2.05, 4.69) is 20.6 Å². The molecule has 1 amide bonds. The molecule has 4 aromatic rings. The molecule has 0 unspecified atom stereocenters. The van der Waals surface area contributed by atoms with E-state index in [9.17, 15) is 22.8 Å². The van der Waals surface area contributed by atoms with Crippen molar-refractivity contribution in [2.45, 2.75) is 12.6 Å². The minimum atomic E-state index is -4.49. The van der Waals surface area contributed by atoms with Crippen LogP contribution in [0.1, 0.15) is 12.0 Å². The molecule has 0 aliphatic heterocycles. The molecule has 2 aromatic carbocycles. The van der Waals surface area contributed by atoms with E-state index in [4.69, 9.17) is 0 Å². The number of aromatic nitrogens is 3. The highest BCUT2D eigenvalue weighted by Crippen LogP contribution is 2.31. The molecular formula is C25H23F3N6O2. The molecule has 186 valence electrons. The smallest absolute Gasteiger partial charge is 0.326 e. The lowest BCUT2D eigenvalue weighted by Crippen LogP contribution is -2.21. The van der Waals surface area contributed by atoms with Gasteiger partial charge in [0, 0.05) is 42.0 Å². The van der Waals surface area contributed by atoms with Crippen molar-refractivity contribution in [2.75, 3.05) is 31.3 Å². The molecule has 0 atom stereocenters. The van der Waals surface area contributed by atoms with Crippen LogP contribution in [0.4, 0.5) is 30.5 Å². The number of anilines is 3. The number of alkyl halides is 3. The molecule has 2 N–H and O–H groups in total. The Kier molecular flexibility index (Phi) is 7.02. The quantitative estimate of drug-likeness (QED) is 0.393. The van der Waals surface area contributed by atoms with Crippen LogP contribution in [-0.2, 0) is 11.0 Å². The van der Waals surface area contributed by atoms with Gasteiger partial charge in [-0.25, -0.2) is 4.98 Å². The van der Waals surface area contributed by atoms with Crippen LogP contribution in [0.15, 0.2) is 71.7 Å². The van der Waals surface area contributed by atoms with Crippen molar-refractivity contribution in [1.82, 2.24) is 19.4 Å². The highest BCUT2D eigenvalue weighted by molar-refractivity contribution is 5.91. The van der Waals surface area contributed by atoms with Crippen LogP contribution in [0.5, 0.6) is 0 Å². The molecule has 11 heteroatoms. The number of hydrogen-bond donors (Lipinski definition) is 2. The van der Waals surface area contributed by atoms with Gasteiger partial charge in [0.15, 0.2) is 5.65 Å². The number of nitrogens with zero attached hydrogens (tertiary/aromatic N) is 4. The number of benzene rings is 2. The zero-order valence-electron chi connectivity index (χ0n) is 19.5. The molecule has 8 nitrogen and oxygen atoms in total. The summed E-state index contributed by atoms with van der Waals surface area (Å²) in [6.45, 7) is 0.590. The summed E-state index contributed by atoms with van der Waals surface area (Å²) in [5.41, 5.74) is 0.188. The third-order valence-electron chi connectivity index (χ3n) is 5.25. The Labute approximate surface area is 204 Å². The fraction of sp³-hybridized carbons (Fsp3) is 0.200. The SMILES string of the molecule is CN(C)CCC(=O)Nc1cccc(-n2c(=O)ccc3cnc(Nc4cccc(C(F)(F)F)c4)nc32)c1. The van der Waals surface area contributed by atoms with Gasteiger partial charge in [-0.2, -0.15) is 18.2 Å². The second kappa shape index (κ2) is 10.2. The molecule has 2 heterocycles. The summed E-state index contributed by atoms with van der Waals surface area (Å²) in [5.74, 6) is -0.143. The fourth-order valence-corrected chi connectivity index (χ4v) is 3.50. The monoisotopic (exact) mass is 496 g/mol. The zero-order valence-corrected chi connectivity index (χ0v) is 19.5. The van der Waals surface area contributed by atoms with Gasteiger partial charge in [-0.15, -0.1) is 0 Å². The average Bonchev–Trinajstić information content (AvgIpc) is 2.82. The number of fused-ring (bicyclic) bond motifs is 1. The second-order valence-electron chi connectivity index (χ2n) is 8.33. The van der Waals surface area contributed by atoms with Crippen molar-refractivity contribution in [2.24, 2.45) is 0 Å². The van der Waals surface area contributed by atoms with E-state index in [1.165, 1.54) is 29.0 Å². The fourth-order valence-electron chi connectivity index (χ4n) is 3.50. The van der Waals surface area contributed by atoms with E-state index in [-0.39, 0.29) is 28.7 Å². The van der Waals surface area contributed by atoms with Gasteiger partial charge in [-0.1, -0.05) is 12.1 Å². The van der Waals surface area contributed by atoms with Gasteiger partial charge in [0.05, 0.1) is 11.3 Å². The number of carbonyl (C=O) groups is 1. The van der Waals surface area contributed by atoms with Crippen molar-refractivity contribution in [1.29, 1.82) is 0 Å². The average molecular weight is 496 g/mol. The van der Waals surface area contributed by atoms with E-state index >= 15 is 0 Å². The minimum Gasteiger partial charge on any atom is -0.326 e. The van der Waals surface area contributed by atoms with Crippen LogP contribution in [0.3, 0.4) is 0 Å². The summed E-state index contributed by atoms with van der Waals surface area (Å²) in [7, 11) is 3.75. The van der Waals surface area contributed by atoms with Crippen LogP contribution < -0.4 is 16.2 Å². The minimum absolute atomic E-state index is 0.0225.